The molecule has 1 aliphatic heterocycles. The average Bonchev–Trinajstić information content (AvgIpc) is 3.06. The SMILES string of the molecule is CNC(C1=CCN(c2cccc(C(F)(F)F)c2)C=C1)N(C)N(C(=O)c1ccccc1Cc1ccncc1)c1cccc(C(F)(F)F)c1. The Labute approximate surface area is 268 Å². The van der Waals surface area contributed by atoms with Gasteiger partial charge in [-0.1, -0.05) is 36.4 Å². The zero-order valence-electron chi connectivity index (χ0n) is 25.4. The van der Waals surface area contributed by atoms with E-state index < -0.39 is 35.6 Å². The third-order valence-corrected chi connectivity index (χ3v) is 7.76. The normalized spacial score (nSPS) is 14.2. The number of nitrogens with zero attached hydrogens (tertiary/aromatic N) is 4. The fraction of sp³-hybridized carbons (Fsp3) is 0.200. The number of carbonyl (C=O) groups excluding carboxylic acids is 1. The van der Waals surface area contributed by atoms with Crippen LogP contribution in [0.4, 0.5) is 37.7 Å². The van der Waals surface area contributed by atoms with Gasteiger partial charge in [0.15, 0.2) is 0 Å². The maximum atomic E-state index is 14.4. The molecule has 244 valence electrons. The molecule has 1 aliphatic rings. The van der Waals surface area contributed by atoms with Crippen molar-refractivity contribution in [3.8, 4) is 0 Å². The molecule has 0 bridgehead atoms. The Hall–Kier alpha value is -4.94. The Morgan fingerprint density at radius 3 is 2.19 bits per heavy atom. The van der Waals surface area contributed by atoms with Crippen molar-refractivity contribution in [3.63, 3.8) is 0 Å². The summed E-state index contributed by atoms with van der Waals surface area (Å²) in [5.41, 5.74) is 1.16. The van der Waals surface area contributed by atoms with Crippen LogP contribution in [0.25, 0.3) is 0 Å². The van der Waals surface area contributed by atoms with E-state index in [-0.39, 0.29) is 12.2 Å². The number of carbonyl (C=O) groups is 1. The highest BCUT2D eigenvalue weighted by Gasteiger charge is 2.35. The third kappa shape index (κ3) is 7.72. The molecule has 5 rings (SSSR count). The first-order valence-electron chi connectivity index (χ1n) is 14.6. The van der Waals surface area contributed by atoms with Crippen molar-refractivity contribution >= 4 is 17.3 Å². The molecule has 1 atom stereocenters. The number of benzene rings is 3. The predicted octanol–water partition coefficient (Wildman–Crippen LogP) is 7.71. The van der Waals surface area contributed by atoms with E-state index in [0.29, 0.717) is 28.8 Å². The van der Waals surface area contributed by atoms with Gasteiger partial charge in [-0.15, -0.1) is 0 Å². The number of halogens is 6. The molecule has 0 radical (unpaired) electrons. The summed E-state index contributed by atoms with van der Waals surface area (Å²) in [7, 11) is 3.22. The van der Waals surface area contributed by atoms with E-state index >= 15 is 0 Å². The molecule has 0 saturated heterocycles. The Bertz CT molecular complexity index is 1770. The molecular weight excluding hydrogens is 620 g/mol. The summed E-state index contributed by atoms with van der Waals surface area (Å²) in [6.45, 7) is 0.214. The van der Waals surface area contributed by atoms with Gasteiger partial charge in [0, 0.05) is 43.4 Å². The van der Waals surface area contributed by atoms with Crippen LogP contribution in [0.5, 0.6) is 0 Å². The second kappa shape index (κ2) is 13.8. The summed E-state index contributed by atoms with van der Waals surface area (Å²) in [5.74, 6) is -0.553. The van der Waals surface area contributed by atoms with Crippen molar-refractivity contribution in [2.24, 2.45) is 0 Å². The van der Waals surface area contributed by atoms with Gasteiger partial charge in [0.1, 0.15) is 6.17 Å². The summed E-state index contributed by atoms with van der Waals surface area (Å²) >= 11 is 0. The van der Waals surface area contributed by atoms with E-state index in [4.69, 9.17) is 0 Å². The molecule has 4 aromatic rings. The minimum Gasteiger partial charge on any atom is -0.344 e. The van der Waals surface area contributed by atoms with Crippen LogP contribution in [0.2, 0.25) is 0 Å². The fourth-order valence-corrected chi connectivity index (χ4v) is 5.42. The highest BCUT2D eigenvalue weighted by Crippen LogP contribution is 2.35. The van der Waals surface area contributed by atoms with E-state index in [1.54, 1.807) is 80.1 Å². The smallest absolute Gasteiger partial charge is 0.344 e. The van der Waals surface area contributed by atoms with Gasteiger partial charge in [-0.2, -0.15) is 31.4 Å². The Kier molecular flexibility index (Phi) is 9.83. The summed E-state index contributed by atoms with van der Waals surface area (Å²) in [5, 5.41) is 5.84. The number of pyridine rings is 1. The molecule has 1 N–H and O–H groups in total. The molecular formula is C35H31F6N5O. The van der Waals surface area contributed by atoms with Gasteiger partial charge in [0.05, 0.1) is 16.8 Å². The van der Waals surface area contributed by atoms with Crippen LogP contribution in [-0.4, -0.2) is 42.7 Å². The number of alkyl halides is 6. The molecule has 1 amide bonds. The average molecular weight is 652 g/mol. The van der Waals surface area contributed by atoms with E-state index in [1.165, 1.54) is 28.2 Å². The molecule has 1 unspecified atom stereocenters. The van der Waals surface area contributed by atoms with Crippen molar-refractivity contribution in [2.45, 2.75) is 24.9 Å². The quantitative estimate of drug-likeness (QED) is 0.114. The Morgan fingerprint density at radius 1 is 0.894 bits per heavy atom. The standard InChI is InChI=1S/C35H31F6N5O/c1-42-32(25-15-19-45(20-16-25)29-10-5-8-27(22-29)34(36,37)38)44(2)46(30-11-6-9-28(23-30)35(39,40)41)33(47)31-12-4-3-7-26(31)21-24-13-17-43-18-14-24/h3-19,22-23,32,42H,20-21H2,1-2H3. The number of hydrogen-bond donors (Lipinski definition) is 1. The first kappa shape index (κ1) is 33.4. The summed E-state index contributed by atoms with van der Waals surface area (Å²) < 4.78 is 81.4. The lowest BCUT2D eigenvalue weighted by molar-refractivity contribution is -0.138. The minimum absolute atomic E-state index is 0.00253. The first-order chi connectivity index (χ1) is 22.4. The van der Waals surface area contributed by atoms with Crippen molar-refractivity contribution in [3.05, 3.63) is 149 Å². The van der Waals surface area contributed by atoms with Gasteiger partial charge in [-0.05, 0) is 90.8 Å². The summed E-state index contributed by atoms with van der Waals surface area (Å²) in [6.07, 6.45) is -1.10. The van der Waals surface area contributed by atoms with Gasteiger partial charge in [0.25, 0.3) is 5.91 Å². The number of hydrazine groups is 1. The molecule has 12 heteroatoms. The maximum Gasteiger partial charge on any atom is 0.416 e. The molecule has 0 fully saturated rings. The van der Waals surface area contributed by atoms with Gasteiger partial charge in [-0.25, -0.2) is 5.01 Å². The van der Waals surface area contributed by atoms with Crippen LogP contribution in [0.3, 0.4) is 0 Å². The lowest BCUT2D eigenvalue weighted by Crippen LogP contribution is -2.55. The van der Waals surface area contributed by atoms with Crippen molar-refractivity contribution < 1.29 is 31.1 Å². The molecule has 6 nitrogen and oxygen atoms in total. The molecule has 2 heterocycles. The summed E-state index contributed by atoms with van der Waals surface area (Å²) in [6, 6.07) is 20.0. The Balaban J connectivity index is 1.49. The van der Waals surface area contributed by atoms with E-state index in [2.05, 4.69) is 10.3 Å². The van der Waals surface area contributed by atoms with Gasteiger partial charge >= 0.3 is 12.4 Å². The third-order valence-electron chi connectivity index (χ3n) is 7.76. The van der Waals surface area contributed by atoms with E-state index in [1.807, 2.05) is 12.1 Å². The van der Waals surface area contributed by atoms with E-state index in [0.717, 1.165) is 29.8 Å². The molecule has 0 spiro atoms. The van der Waals surface area contributed by atoms with Crippen LogP contribution in [0, 0.1) is 0 Å². The lowest BCUT2D eigenvalue weighted by atomic mass is 9.99. The van der Waals surface area contributed by atoms with E-state index in [9.17, 15) is 31.1 Å². The second-order valence-electron chi connectivity index (χ2n) is 10.8. The maximum absolute atomic E-state index is 14.4. The number of likely N-dealkylation sites (N-methyl/N-ethyl adjacent to an activating group) is 2. The minimum atomic E-state index is -4.65. The van der Waals surface area contributed by atoms with Crippen LogP contribution >= 0.6 is 0 Å². The molecule has 0 aliphatic carbocycles. The topological polar surface area (TPSA) is 51.7 Å². The van der Waals surface area contributed by atoms with Crippen molar-refractivity contribution in [2.75, 3.05) is 30.5 Å². The number of amides is 1. The molecule has 1 aromatic heterocycles. The van der Waals surface area contributed by atoms with Crippen LogP contribution in [0.1, 0.15) is 32.6 Å². The first-order valence-corrected chi connectivity index (χ1v) is 14.6. The Morgan fingerprint density at radius 2 is 1.55 bits per heavy atom. The predicted molar refractivity (Wildman–Crippen MR) is 168 cm³/mol. The fourth-order valence-electron chi connectivity index (χ4n) is 5.42. The highest BCUT2D eigenvalue weighted by atomic mass is 19.4. The second-order valence-corrected chi connectivity index (χ2v) is 10.8. The number of anilines is 2. The van der Waals surface area contributed by atoms with Crippen molar-refractivity contribution in [1.82, 2.24) is 15.3 Å². The zero-order chi connectivity index (χ0) is 33.8. The highest BCUT2D eigenvalue weighted by molar-refractivity contribution is 6.06. The number of aromatic nitrogens is 1. The number of rotatable bonds is 9. The summed E-state index contributed by atoms with van der Waals surface area (Å²) in [4.78, 5) is 20.1. The van der Waals surface area contributed by atoms with Crippen LogP contribution in [-0.2, 0) is 18.8 Å². The lowest BCUT2D eigenvalue weighted by Gasteiger charge is -2.39. The molecule has 47 heavy (non-hydrogen) atoms. The zero-order valence-corrected chi connectivity index (χ0v) is 25.4. The van der Waals surface area contributed by atoms with Crippen LogP contribution < -0.4 is 15.2 Å². The van der Waals surface area contributed by atoms with Gasteiger partial charge in [0.2, 0.25) is 0 Å². The number of hydrogen-bond acceptors (Lipinski definition) is 5. The van der Waals surface area contributed by atoms with Gasteiger partial charge < -0.3 is 4.90 Å². The molecule has 3 aromatic carbocycles. The van der Waals surface area contributed by atoms with Gasteiger partial charge in [-0.3, -0.25) is 15.1 Å². The van der Waals surface area contributed by atoms with Crippen molar-refractivity contribution in [1.29, 1.82) is 0 Å². The molecule has 0 saturated carbocycles. The van der Waals surface area contributed by atoms with Crippen LogP contribution in [0.15, 0.2) is 121 Å². The monoisotopic (exact) mass is 651 g/mol. The number of nitrogens with one attached hydrogen (secondary N) is 1. The largest absolute Gasteiger partial charge is 0.416 e.